The number of aryl methyl sites for hydroxylation is 2. The van der Waals surface area contributed by atoms with Crippen LogP contribution in [0.2, 0.25) is 0 Å². The van der Waals surface area contributed by atoms with Crippen molar-refractivity contribution in [2.45, 2.75) is 19.3 Å². The minimum atomic E-state index is -0.751. The smallest absolute Gasteiger partial charge is 0.303 e. The van der Waals surface area contributed by atoms with Crippen LogP contribution in [-0.2, 0) is 18.3 Å². The Kier molecular flexibility index (Phi) is 2.90. The van der Waals surface area contributed by atoms with Crippen LogP contribution in [0.5, 0.6) is 0 Å². The van der Waals surface area contributed by atoms with Crippen molar-refractivity contribution >= 4 is 17.0 Å². The summed E-state index contributed by atoms with van der Waals surface area (Å²) in [5.41, 5.74) is 2.06. The first kappa shape index (κ1) is 10.7. The number of carboxylic acids is 1. The molecule has 1 aromatic carbocycles. The fourth-order valence-corrected chi connectivity index (χ4v) is 1.82. The largest absolute Gasteiger partial charge is 0.481 e. The van der Waals surface area contributed by atoms with Crippen LogP contribution in [0.15, 0.2) is 24.3 Å². The Morgan fingerprint density at radius 1 is 1.44 bits per heavy atom. The van der Waals surface area contributed by atoms with Gasteiger partial charge in [0.2, 0.25) is 0 Å². The van der Waals surface area contributed by atoms with Crippen LogP contribution in [0.4, 0.5) is 0 Å². The maximum Gasteiger partial charge on any atom is 0.303 e. The molecule has 0 spiro atoms. The summed E-state index contributed by atoms with van der Waals surface area (Å²) in [5, 5.41) is 8.57. The van der Waals surface area contributed by atoms with E-state index in [2.05, 4.69) is 4.98 Å². The normalized spacial score (nSPS) is 10.8. The lowest BCUT2D eigenvalue weighted by atomic mass is 10.2. The number of benzene rings is 1. The number of aromatic nitrogens is 2. The summed E-state index contributed by atoms with van der Waals surface area (Å²) in [7, 11) is 1.96. The van der Waals surface area contributed by atoms with Crippen LogP contribution >= 0.6 is 0 Å². The van der Waals surface area contributed by atoms with E-state index in [-0.39, 0.29) is 6.42 Å². The molecule has 0 amide bonds. The Hall–Kier alpha value is -1.84. The lowest BCUT2D eigenvalue weighted by Gasteiger charge is -2.00. The standard InChI is InChI=1S/C12H14N2O2/c1-14-10-6-3-2-5-9(10)13-11(14)7-4-8-12(15)16/h2-3,5-6H,4,7-8H2,1H3,(H,15,16). The number of hydrogen-bond acceptors (Lipinski definition) is 2. The van der Waals surface area contributed by atoms with Gasteiger partial charge in [0, 0.05) is 19.9 Å². The topological polar surface area (TPSA) is 55.1 Å². The quantitative estimate of drug-likeness (QED) is 0.853. The second-order valence-electron chi connectivity index (χ2n) is 3.82. The molecule has 2 rings (SSSR count). The van der Waals surface area contributed by atoms with Gasteiger partial charge in [-0.25, -0.2) is 4.98 Å². The van der Waals surface area contributed by atoms with E-state index in [0.717, 1.165) is 16.9 Å². The summed E-state index contributed by atoms with van der Waals surface area (Å²) < 4.78 is 2.02. The second kappa shape index (κ2) is 4.35. The van der Waals surface area contributed by atoms with Gasteiger partial charge in [-0.1, -0.05) is 12.1 Å². The zero-order valence-corrected chi connectivity index (χ0v) is 9.18. The number of imidazole rings is 1. The SMILES string of the molecule is Cn1c(CCCC(=O)O)nc2ccccc21. The van der Waals surface area contributed by atoms with Crippen LogP contribution in [0, 0.1) is 0 Å². The average molecular weight is 218 g/mol. The van der Waals surface area contributed by atoms with E-state index < -0.39 is 5.97 Å². The Bertz CT molecular complexity index is 517. The molecule has 0 atom stereocenters. The summed E-state index contributed by atoms with van der Waals surface area (Å²) in [6, 6.07) is 7.92. The highest BCUT2D eigenvalue weighted by atomic mass is 16.4. The van der Waals surface area contributed by atoms with E-state index in [9.17, 15) is 4.79 Å². The molecule has 0 aliphatic carbocycles. The molecule has 0 radical (unpaired) electrons. The van der Waals surface area contributed by atoms with Crippen molar-refractivity contribution < 1.29 is 9.90 Å². The van der Waals surface area contributed by atoms with E-state index >= 15 is 0 Å². The van der Waals surface area contributed by atoms with Crippen LogP contribution in [0.1, 0.15) is 18.7 Å². The summed E-state index contributed by atoms with van der Waals surface area (Å²) in [6.45, 7) is 0. The third-order valence-corrected chi connectivity index (χ3v) is 2.67. The zero-order valence-electron chi connectivity index (χ0n) is 9.18. The van der Waals surface area contributed by atoms with Crippen LogP contribution in [-0.4, -0.2) is 20.6 Å². The summed E-state index contributed by atoms with van der Waals surface area (Å²) in [5.74, 6) is 0.196. The zero-order chi connectivity index (χ0) is 11.5. The molecule has 0 aliphatic rings. The Balaban J connectivity index is 2.18. The molecular formula is C12H14N2O2. The minimum Gasteiger partial charge on any atom is -0.481 e. The Morgan fingerprint density at radius 3 is 2.88 bits per heavy atom. The van der Waals surface area contributed by atoms with Gasteiger partial charge in [0.05, 0.1) is 11.0 Å². The van der Waals surface area contributed by atoms with Crippen molar-refractivity contribution in [1.82, 2.24) is 9.55 Å². The Morgan fingerprint density at radius 2 is 2.19 bits per heavy atom. The average Bonchev–Trinajstić information content (AvgIpc) is 2.56. The molecule has 0 saturated heterocycles. The van der Waals surface area contributed by atoms with Gasteiger partial charge in [-0.15, -0.1) is 0 Å². The second-order valence-corrected chi connectivity index (χ2v) is 3.82. The van der Waals surface area contributed by atoms with Crippen molar-refractivity contribution in [2.75, 3.05) is 0 Å². The van der Waals surface area contributed by atoms with Crippen molar-refractivity contribution in [3.05, 3.63) is 30.1 Å². The molecule has 0 unspecified atom stereocenters. The molecule has 1 heterocycles. The molecule has 4 heteroatoms. The molecule has 16 heavy (non-hydrogen) atoms. The van der Waals surface area contributed by atoms with Gasteiger partial charge < -0.3 is 9.67 Å². The highest BCUT2D eigenvalue weighted by molar-refractivity contribution is 5.75. The number of para-hydroxylation sites is 2. The van der Waals surface area contributed by atoms with E-state index in [0.29, 0.717) is 12.8 Å². The highest BCUT2D eigenvalue weighted by Gasteiger charge is 2.07. The third-order valence-electron chi connectivity index (χ3n) is 2.67. The van der Waals surface area contributed by atoms with Crippen LogP contribution in [0.3, 0.4) is 0 Å². The van der Waals surface area contributed by atoms with Gasteiger partial charge in [0.1, 0.15) is 5.82 Å². The van der Waals surface area contributed by atoms with Gasteiger partial charge in [0.25, 0.3) is 0 Å². The van der Waals surface area contributed by atoms with Crippen LogP contribution in [0.25, 0.3) is 11.0 Å². The maximum atomic E-state index is 10.4. The highest BCUT2D eigenvalue weighted by Crippen LogP contribution is 2.15. The molecule has 84 valence electrons. The number of aliphatic carboxylic acids is 1. The first-order valence-corrected chi connectivity index (χ1v) is 5.30. The number of hydrogen-bond donors (Lipinski definition) is 1. The number of nitrogens with zero attached hydrogens (tertiary/aromatic N) is 2. The van der Waals surface area contributed by atoms with Crippen molar-refractivity contribution in [3.63, 3.8) is 0 Å². The number of rotatable bonds is 4. The lowest BCUT2D eigenvalue weighted by Crippen LogP contribution is -2.01. The summed E-state index contributed by atoms with van der Waals surface area (Å²) >= 11 is 0. The monoisotopic (exact) mass is 218 g/mol. The van der Waals surface area contributed by atoms with E-state index in [4.69, 9.17) is 5.11 Å². The number of carbonyl (C=O) groups is 1. The van der Waals surface area contributed by atoms with Gasteiger partial charge >= 0.3 is 5.97 Å². The molecule has 4 nitrogen and oxygen atoms in total. The first-order valence-electron chi connectivity index (χ1n) is 5.30. The minimum absolute atomic E-state index is 0.198. The van der Waals surface area contributed by atoms with Crippen LogP contribution < -0.4 is 0 Å². The molecule has 0 bridgehead atoms. The van der Waals surface area contributed by atoms with E-state index in [1.54, 1.807) is 0 Å². The molecule has 0 aliphatic heterocycles. The van der Waals surface area contributed by atoms with Gasteiger partial charge in [-0.3, -0.25) is 4.79 Å². The first-order chi connectivity index (χ1) is 7.68. The van der Waals surface area contributed by atoms with E-state index in [1.807, 2.05) is 35.9 Å². The fraction of sp³-hybridized carbons (Fsp3) is 0.333. The van der Waals surface area contributed by atoms with Gasteiger partial charge in [-0.05, 0) is 18.6 Å². The van der Waals surface area contributed by atoms with Crippen molar-refractivity contribution in [3.8, 4) is 0 Å². The fourth-order valence-electron chi connectivity index (χ4n) is 1.82. The summed E-state index contributed by atoms with van der Waals surface area (Å²) in [4.78, 5) is 14.9. The maximum absolute atomic E-state index is 10.4. The van der Waals surface area contributed by atoms with Gasteiger partial charge in [-0.2, -0.15) is 0 Å². The summed E-state index contributed by atoms with van der Waals surface area (Å²) in [6.07, 6.45) is 1.53. The van der Waals surface area contributed by atoms with Crippen molar-refractivity contribution in [2.24, 2.45) is 7.05 Å². The van der Waals surface area contributed by atoms with E-state index in [1.165, 1.54) is 0 Å². The molecule has 0 fully saturated rings. The molecule has 1 aromatic heterocycles. The molecule has 1 N–H and O–H groups in total. The Labute approximate surface area is 93.5 Å². The third kappa shape index (κ3) is 2.05. The molecule has 2 aromatic rings. The number of fused-ring (bicyclic) bond motifs is 1. The lowest BCUT2D eigenvalue weighted by molar-refractivity contribution is -0.137. The molecular weight excluding hydrogens is 204 g/mol. The predicted octanol–water partition coefficient (Wildman–Crippen LogP) is 1.98. The number of carboxylic acid groups (broad SMARTS) is 1. The molecule has 0 saturated carbocycles. The van der Waals surface area contributed by atoms with Crippen molar-refractivity contribution in [1.29, 1.82) is 0 Å². The predicted molar refractivity (Wildman–Crippen MR) is 61.3 cm³/mol. The van der Waals surface area contributed by atoms with Gasteiger partial charge in [0.15, 0.2) is 0 Å².